The SMILES string of the molecule is Nc1cccc(F)c1CNCC1(c2ccsc2)COC1. The van der Waals surface area contributed by atoms with Crippen molar-refractivity contribution >= 4 is 17.0 Å². The van der Waals surface area contributed by atoms with Crippen molar-refractivity contribution in [2.45, 2.75) is 12.0 Å². The van der Waals surface area contributed by atoms with Crippen molar-refractivity contribution < 1.29 is 9.13 Å². The predicted octanol–water partition coefficient (Wildman–Crippen LogP) is 2.53. The van der Waals surface area contributed by atoms with Crippen molar-refractivity contribution in [3.8, 4) is 0 Å². The van der Waals surface area contributed by atoms with Crippen LogP contribution in [0.5, 0.6) is 0 Å². The van der Waals surface area contributed by atoms with E-state index in [2.05, 4.69) is 22.1 Å². The van der Waals surface area contributed by atoms with E-state index in [0.717, 1.165) is 6.54 Å². The first-order valence-corrected chi connectivity index (χ1v) is 7.50. The second kappa shape index (κ2) is 5.52. The highest BCUT2D eigenvalue weighted by molar-refractivity contribution is 7.08. The van der Waals surface area contributed by atoms with Gasteiger partial charge in [-0.2, -0.15) is 11.3 Å². The Bertz CT molecular complexity index is 561. The molecule has 0 amide bonds. The summed E-state index contributed by atoms with van der Waals surface area (Å²) in [5.74, 6) is -0.257. The lowest BCUT2D eigenvalue weighted by molar-refractivity contribution is -0.0589. The Hall–Kier alpha value is -1.43. The zero-order valence-corrected chi connectivity index (χ0v) is 11.9. The molecule has 2 aromatic rings. The number of nitrogen functional groups attached to an aromatic ring is 1. The molecule has 106 valence electrons. The van der Waals surface area contributed by atoms with Gasteiger partial charge < -0.3 is 15.8 Å². The molecule has 1 aliphatic rings. The quantitative estimate of drug-likeness (QED) is 0.833. The van der Waals surface area contributed by atoms with Gasteiger partial charge in [0, 0.05) is 24.3 Å². The lowest BCUT2D eigenvalue weighted by Gasteiger charge is -2.41. The number of ether oxygens (including phenoxy) is 1. The minimum Gasteiger partial charge on any atom is -0.398 e. The molecule has 5 heteroatoms. The molecular formula is C15H17FN2OS. The third-order valence-corrected chi connectivity index (χ3v) is 4.49. The van der Waals surface area contributed by atoms with Gasteiger partial charge in [0.15, 0.2) is 0 Å². The summed E-state index contributed by atoms with van der Waals surface area (Å²) < 4.78 is 19.1. The van der Waals surface area contributed by atoms with Crippen LogP contribution in [0.4, 0.5) is 10.1 Å². The maximum absolute atomic E-state index is 13.7. The van der Waals surface area contributed by atoms with E-state index in [0.29, 0.717) is 31.0 Å². The van der Waals surface area contributed by atoms with E-state index in [1.54, 1.807) is 23.5 Å². The Labute approximate surface area is 121 Å². The van der Waals surface area contributed by atoms with E-state index in [1.165, 1.54) is 11.6 Å². The van der Waals surface area contributed by atoms with E-state index in [-0.39, 0.29) is 11.2 Å². The normalized spacial score (nSPS) is 16.9. The number of thiophene rings is 1. The number of benzene rings is 1. The highest BCUT2D eigenvalue weighted by atomic mass is 32.1. The monoisotopic (exact) mass is 292 g/mol. The van der Waals surface area contributed by atoms with Gasteiger partial charge in [0.1, 0.15) is 5.82 Å². The summed E-state index contributed by atoms with van der Waals surface area (Å²) in [6.07, 6.45) is 0. The summed E-state index contributed by atoms with van der Waals surface area (Å²) in [6, 6.07) is 6.92. The first-order valence-electron chi connectivity index (χ1n) is 6.55. The van der Waals surface area contributed by atoms with Crippen molar-refractivity contribution in [1.29, 1.82) is 0 Å². The maximum atomic E-state index is 13.7. The molecule has 1 aliphatic heterocycles. The topological polar surface area (TPSA) is 47.3 Å². The molecule has 3 nitrogen and oxygen atoms in total. The van der Waals surface area contributed by atoms with Crippen LogP contribution in [-0.4, -0.2) is 19.8 Å². The third kappa shape index (κ3) is 2.44. The van der Waals surface area contributed by atoms with Crippen molar-refractivity contribution in [3.63, 3.8) is 0 Å². The third-order valence-electron chi connectivity index (χ3n) is 3.81. The number of hydrogen-bond acceptors (Lipinski definition) is 4. The summed E-state index contributed by atoms with van der Waals surface area (Å²) in [5, 5.41) is 7.55. The highest BCUT2D eigenvalue weighted by Gasteiger charge is 2.40. The van der Waals surface area contributed by atoms with E-state index in [9.17, 15) is 4.39 Å². The van der Waals surface area contributed by atoms with Crippen LogP contribution >= 0.6 is 11.3 Å². The van der Waals surface area contributed by atoms with E-state index < -0.39 is 0 Å². The molecular weight excluding hydrogens is 275 g/mol. The average molecular weight is 292 g/mol. The fraction of sp³-hybridized carbons (Fsp3) is 0.333. The van der Waals surface area contributed by atoms with Gasteiger partial charge >= 0.3 is 0 Å². The van der Waals surface area contributed by atoms with Gasteiger partial charge in [0.25, 0.3) is 0 Å². The zero-order chi connectivity index (χ0) is 14.0. The molecule has 1 aromatic heterocycles. The first kappa shape index (κ1) is 13.5. The van der Waals surface area contributed by atoms with Crippen LogP contribution in [0, 0.1) is 5.82 Å². The Morgan fingerprint density at radius 3 is 2.80 bits per heavy atom. The predicted molar refractivity (Wildman–Crippen MR) is 79.3 cm³/mol. The van der Waals surface area contributed by atoms with Crippen molar-refractivity contribution in [2.75, 3.05) is 25.5 Å². The second-order valence-corrected chi connectivity index (χ2v) is 5.98. The molecule has 0 aliphatic carbocycles. The van der Waals surface area contributed by atoms with Crippen molar-refractivity contribution in [1.82, 2.24) is 5.32 Å². The number of hydrogen-bond donors (Lipinski definition) is 2. The summed E-state index contributed by atoms with van der Waals surface area (Å²) >= 11 is 1.69. The fourth-order valence-electron chi connectivity index (χ4n) is 2.47. The van der Waals surface area contributed by atoms with Gasteiger partial charge in [-0.05, 0) is 34.5 Å². The van der Waals surface area contributed by atoms with Gasteiger partial charge in [-0.3, -0.25) is 0 Å². The van der Waals surface area contributed by atoms with Gasteiger partial charge in [0.2, 0.25) is 0 Å². The maximum Gasteiger partial charge on any atom is 0.129 e. The van der Waals surface area contributed by atoms with Crippen molar-refractivity contribution in [2.24, 2.45) is 0 Å². The average Bonchev–Trinajstić information content (AvgIpc) is 2.89. The summed E-state index contributed by atoms with van der Waals surface area (Å²) in [5.41, 5.74) is 8.16. The van der Waals surface area contributed by atoms with Crippen LogP contribution in [0.1, 0.15) is 11.1 Å². The highest BCUT2D eigenvalue weighted by Crippen LogP contribution is 2.33. The summed E-state index contributed by atoms with van der Waals surface area (Å²) in [4.78, 5) is 0. The van der Waals surface area contributed by atoms with Crippen molar-refractivity contribution in [3.05, 3.63) is 52.0 Å². The van der Waals surface area contributed by atoms with Crippen LogP contribution in [0.15, 0.2) is 35.0 Å². The minimum atomic E-state index is -0.257. The molecule has 0 bridgehead atoms. The largest absolute Gasteiger partial charge is 0.398 e. The molecule has 1 saturated heterocycles. The minimum absolute atomic E-state index is 0.0278. The number of anilines is 1. The Morgan fingerprint density at radius 2 is 2.20 bits per heavy atom. The molecule has 0 spiro atoms. The zero-order valence-electron chi connectivity index (χ0n) is 11.1. The number of halogens is 1. The van der Waals surface area contributed by atoms with Crippen LogP contribution in [0.2, 0.25) is 0 Å². The lowest BCUT2D eigenvalue weighted by Crippen LogP contribution is -2.53. The standard InChI is InChI=1S/C15H17FN2OS/c16-13-2-1-3-14(17)12(13)6-18-8-15(9-19-10-15)11-4-5-20-7-11/h1-5,7,18H,6,8-10,17H2. The van der Waals surface area contributed by atoms with Gasteiger partial charge in [0.05, 0.1) is 18.6 Å². The van der Waals surface area contributed by atoms with E-state index in [1.807, 2.05) is 0 Å². The van der Waals surface area contributed by atoms with E-state index >= 15 is 0 Å². The molecule has 1 aromatic carbocycles. The van der Waals surface area contributed by atoms with Gasteiger partial charge in [-0.25, -0.2) is 4.39 Å². The van der Waals surface area contributed by atoms with Gasteiger partial charge in [-0.1, -0.05) is 6.07 Å². The summed E-state index contributed by atoms with van der Waals surface area (Å²) in [6.45, 7) is 2.62. The van der Waals surface area contributed by atoms with Crippen LogP contribution < -0.4 is 11.1 Å². The first-order chi connectivity index (χ1) is 9.71. The molecule has 3 N–H and O–H groups in total. The van der Waals surface area contributed by atoms with Crippen LogP contribution in [0.25, 0.3) is 0 Å². The Kier molecular flexibility index (Phi) is 3.74. The number of rotatable bonds is 5. The molecule has 3 rings (SSSR count). The van der Waals surface area contributed by atoms with Crippen LogP contribution in [-0.2, 0) is 16.7 Å². The number of nitrogens with one attached hydrogen (secondary N) is 1. The lowest BCUT2D eigenvalue weighted by atomic mass is 9.80. The van der Waals surface area contributed by atoms with E-state index in [4.69, 9.17) is 10.5 Å². The molecule has 0 atom stereocenters. The molecule has 2 heterocycles. The molecule has 0 unspecified atom stereocenters. The molecule has 1 fully saturated rings. The number of nitrogens with two attached hydrogens (primary N) is 1. The Balaban J connectivity index is 1.65. The summed E-state index contributed by atoms with van der Waals surface area (Å²) in [7, 11) is 0. The van der Waals surface area contributed by atoms with Crippen LogP contribution in [0.3, 0.4) is 0 Å². The van der Waals surface area contributed by atoms with Gasteiger partial charge in [-0.15, -0.1) is 0 Å². The molecule has 20 heavy (non-hydrogen) atoms. The molecule has 0 radical (unpaired) electrons. The second-order valence-electron chi connectivity index (χ2n) is 5.20. The smallest absolute Gasteiger partial charge is 0.129 e. The fourth-order valence-corrected chi connectivity index (χ4v) is 3.25. The molecule has 0 saturated carbocycles. The Morgan fingerprint density at radius 1 is 1.35 bits per heavy atom.